The Morgan fingerprint density at radius 3 is 3.00 bits per heavy atom. The molecule has 0 spiro atoms. The Bertz CT molecular complexity index is 624. The van der Waals surface area contributed by atoms with Gasteiger partial charge in [-0.15, -0.1) is 11.3 Å². The zero-order valence-corrected chi connectivity index (χ0v) is 12.6. The van der Waals surface area contributed by atoms with Crippen LogP contribution in [0, 0.1) is 0 Å². The molecule has 1 aliphatic rings. The SMILES string of the molecule is O=C(Nc1ccc2c(c1)CNCC2)c1csc(Br)c1. The highest BCUT2D eigenvalue weighted by molar-refractivity contribution is 9.11. The molecule has 2 N–H and O–H groups in total. The predicted molar refractivity (Wildman–Crippen MR) is 81.8 cm³/mol. The Kier molecular flexibility index (Phi) is 3.68. The van der Waals surface area contributed by atoms with Gasteiger partial charge in [-0.25, -0.2) is 0 Å². The number of rotatable bonds is 2. The number of anilines is 1. The van der Waals surface area contributed by atoms with Gasteiger partial charge < -0.3 is 10.6 Å². The van der Waals surface area contributed by atoms with Crippen LogP contribution < -0.4 is 10.6 Å². The Labute approximate surface area is 124 Å². The van der Waals surface area contributed by atoms with E-state index in [1.54, 1.807) is 0 Å². The summed E-state index contributed by atoms with van der Waals surface area (Å²) in [5.74, 6) is -0.0642. The van der Waals surface area contributed by atoms with Crippen molar-refractivity contribution in [1.29, 1.82) is 0 Å². The van der Waals surface area contributed by atoms with Crippen LogP contribution in [0.15, 0.2) is 33.4 Å². The summed E-state index contributed by atoms with van der Waals surface area (Å²) in [4.78, 5) is 12.1. The van der Waals surface area contributed by atoms with Crippen LogP contribution in [-0.2, 0) is 13.0 Å². The summed E-state index contributed by atoms with van der Waals surface area (Å²) in [5.41, 5.74) is 4.19. The zero-order chi connectivity index (χ0) is 13.2. The number of halogens is 1. The van der Waals surface area contributed by atoms with Gasteiger partial charge in [-0.3, -0.25) is 4.79 Å². The molecule has 19 heavy (non-hydrogen) atoms. The molecule has 0 atom stereocenters. The molecule has 1 aromatic carbocycles. The van der Waals surface area contributed by atoms with E-state index < -0.39 is 0 Å². The molecular formula is C14H13BrN2OS. The topological polar surface area (TPSA) is 41.1 Å². The number of benzene rings is 1. The largest absolute Gasteiger partial charge is 0.322 e. The normalized spacial score (nSPS) is 13.9. The van der Waals surface area contributed by atoms with Gasteiger partial charge in [0, 0.05) is 17.6 Å². The minimum atomic E-state index is -0.0642. The summed E-state index contributed by atoms with van der Waals surface area (Å²) in [5, 5.41) is 8.13. The molecule has 1 amide bonds. The lowest BCUT2D eigenvalue weighted by Crippen LogP contribution is -2.23. The molecule has 1 aromatic heterocycles. The van der Waals surface area contributed by atoms with Gasteiger partial charge in [0.2, 0.25) is 0 Å². The van der Waals surface area contributed by atoms with Gasteiger partial charge in [0.1, 0.15) is 0 Å². The van der Waals surface area contributed by atoms with Gasteiger partial charge in [0.25, 0.3) is 5.91 Å². The minimum Gasteiger partial charge on any atom is -0.322 e. The highest BCUT2D eigenvalue weighted by Crippen LogP contribution is 2.23. The van der Waals surface area contributed by atoms with Gasteiger partial charge >= 0.3 is 0 Å². The molecule has 2 aromatic rings. The Morgan fingerprint density at radius 1 is 1.32 bits per heavy atom. The molecular weight excluding hydrogens is 324 g/mol. The van der Waals surface area contributed by atoms with Gasteiger partial charge in [0.05, 0.1) is 9.35 Å². The Balaban J connectivity index is 1.78. The average Bonchev–Trinajstić information content (AvgIpc) is 2.85. The summed E-state index contributed by atoms with van der Waals surface area (Å²) >= 11 is 4.88. The van der Waals surface area contributed by atoms with Crippen molar-refractivity contribution in [1.82, 2.24) is 5.32 Å². The lowest BCUT2D eigenvalue weighted by atomic mass is 10.0. The fourth-order valence-electron chi connectivity index (χ4n) is 2.19. The molecule has 0 saturated heterocycles. The Hall–Kier alpha value is -1.17. The standard InChI is InChI=1S/C14H13BrN2OS/c15-13-6-11(8-19-13)14(18)17-12-2-1-9-3-4-16-7-10(9)5-12/h1-2,5-6,8,16H,3-4,7H2,(H,17,18). The molecule has 0 radical (unpaired) electrons. The van der Waals surface area contributed by atoms with E-state index in [0.717, 1.165) is 29.0 Å². The van der Waals surface area contributed by atoms with Crippen LogP contribution in [0.4, 0.5) is 5.69 Å². The van der Waals surface area contributed by atoms with Gasteiger partial charge in [-0.2, -0.15) is 0 Å². The molecule has 3 rings (SSSR count). The summed E-state index contributed by atoms with van der Waals surface area (Å²) in [6.07, 6.45) is 1.06. The first-order valence-corrected chi connectivity index (χ1v) is 7.77. The van der Waals surface area contributed by atoms with Crippen molar-refractivity contribution < 1.29 is 4.79 Å². The van der Waals surface area contributed by atoms with E-state index in [-0.39, 0.29) is 5.91 Å². The summed E-state index contributed by atoms with van der Waals surface area (Å²) in [7, 11) is 0. The molecule has 0 fully saturated rings. The van der Waals surface area contributed by atoms with Gasteiger partial charge in [0.15, 0.2) is 0 Å². The van der Waals surface area contributed by atoms with Crippen LogP contribution in [0.1, 0.15) is 21.5 Å². The quantitative estimate of drug-likeness (QED) is 0.882. The van der Waals surface area contributed by atoms with E-state index in [9.17, 15) is 4.79 Å². The second-order valence-corrected chi connectivity index (χ2v) is 6.79. The third kappa shape index (κ3) is 2.88. The smallest absolute Gasteiger partial charge is 0.256 e. The number of fused-ring (bicyclic) bond motifs is 1. The highest BCUT2D eigenvalue weighted by atomic mass is 79.9. The van der Waals surface area contributed by atoms with Crippen LogP contribution in [0.25, 0.3) is 0 Å². The van der Waals surface area contributed by atoms with Crippen molar-refractivity contribution in [3.8, 4) is 0 Å². The first-order valence-electron chi connectivity index (χ1n) is 6.10. The molecule has 3 nitrogen and oxygen atoms in total. The monoisotopic (exact) mass is 336 g/mol. The maximum atomic E-state index is 12.1. The van der Waals surface area contributed by atoms with E-state index in [2.05, 4.69) is 38.7 Å². The maximum absolute atomic E-state index is 12.1. The molecule has 5 heteroatoms. The second-order valence-electron chi connectivity index (χ2n) is 4.50. The predicted octanol–water partition coefficient (Wildman–Crippen LogP) is 3.41. The highest BCUT2D eigenvalue weighted by Gasteiger charge is 2.11. The van der Waals surface area contributed by atoms with E-state index in [0.29, 0.717) is 5.56 Å². The van der Waals surface area contributed by atoms with Gasteiger partial charge in [-0.1, -0.05) is 6.07 Å². The van der Waals surface area contributed by atoms with Crippen LogP contribution in [0.2, 0.25) is 0 Å². The third-order valence-electron chi connectivity index (χ3n) is 3.18. The lowest BCUT2D eigenvalue weighted by molar-refractivity contribution is 0.102. The lowest BCUT2D eigenvalue weighted by Gasteiger charge is -2.18. The van der Waals surface area contributed by atoms with E-state index in [1.165, 1.54) is 22.5 Å². The molecule has 0 aliphatic carbocycles. The van der Waals surface area contributed by atoms with Crippen molar-refractivity contribution in [2.24, 2.45) is 0 Å². The first-order chi connectivity index (χ1) is 9.22. The minimum absolute atomic E-state index is 0.0642. The average molecular weight is 337 g/mol. The van der Waals surface area contributed by atoms with Gasteiger partial charge in [-0.05, 0) is 58.2 Å². The summed E-state index contributed by atoms with van der Waals surface area (Å²) in [6, 6.07) is 7.97. The number of hydrogen-bond acceptors (Lipinski definition) is 3. The van der Waals surface area contributed by atoms with Crippen molar-refractivity contribution in [3.63, 3.8) is 0 Å². The Morgan fingerprint density at radius 2 is 2.21 bits per heavy atom. The number of thiophene rings is 1. The van der Waals surface area contributed by atoms with Crippen LogP contribution in [0.3, 0.4) is 0 Å². The number of amides is 1. The van der Waals surface area contributed by atoms with E-state index in [4.69, 9.17) is 0 Å². The molecule has 0 bridgehead atoms. The number of hydrogen-bond donors (Lipinski definition) is 2. The summed E-state index contributed by atoms with van der Waals surface area (Å²) in [6.45, 7) is 1.91. The number of nitrogens with one attached hydrogen (secondary N) is 2. The maximum Gasteiger partial charge on any atom is 0.256 e. The van der Waals surface area contributed by atoms with Crippen LogP contribution in [-0.4, -0.2) is 12.5 Å². The molecule has 1 aliphatic heterocycles. The number of carbonyl (C=O) groups excluding carboxylic acids is 1. The van der Waals surface area contributed by atoms with Crippen molar-refractivity contribution in [3.05, 3.63) is 50.1 Å². The zero-order valence-electron chi connectivity index (χ0n) is 10.2. The molecule has 2 heterocycles. The summed E-state index contributed by atoms with van der Waals surface area (Å²) < 4.78 is 0.965. The molecule has 0 unspecified atom stereocenters. The van der Waals surface area contributed by atoms with E-state index in [1.807, 2.05) is 17.5 Å². The van der Waals surface area contributed by atoms with E-state index >= 15 is 0 Å². The fourth-order valence-corrected chi connectivity index (χ4v) is 3.33. The van der Waals surface area contributed by atoms with Crippen LogP contribution >= 0.6 is 27.3 Å². The molecule has 0 saturated carbocycles. The van der Waals surface area contributed by atoms with Crippen molar-refractivity contribution >= 4 is 38.9 Å². The third-order valence-corrected chi connectivity index (χ3v) is 4.68. The number of carbonyl (C=O) groups is 1. The van der Waals surface area contributed by atoms with Crippen molar-refractivity contribution in [2.75, 3.05) is 11.9 Å². The van der Waals surface area contributed by atoms with Crippen LogP contribution in [0.5, 0.6) is 0 Å². The van der Waals surface area contributed by atoms with Crippen molar-refractivity contribution in [2.45, 2.75) is 13.0 Å². The second kappa shape index (κ2) is 5.45. The molecule has 98 valence electrons. The first kappa shape index (κ1) is 12.8. The fraction of sp³-hybridized carbons (Fsp3) is 0.214.